The Morgan fingerprint density at radius 1 is 1.38 bits per heavy atom. The van der Waals surface area contributed by atoms with Crippen LogP contribution in [0.15, 0.2) is 40.8 Å². The highest BCUT2D eigenvalue weighted by Gasteiger charge is 2.20. The van der Waals surface area contributed by atoms with Crippen molar-refractivity contribution in [1.29, 1.82) is 0 Å². The van der Waals surface area contributed by atoms with Gasteiger partial charge in [-0.1, -0.05) is 12.1 Å². The summed E-state index contributed by atoms with van der Waals surface area (Å²) < 4.78 is 10.1. The number of hydrogen-bond acceptors (Lipinski definition) is 6. The molecule has 0 fully saturated rings. The van der Waals surface area contributed by atoms with Crippen molar-refractivity contribution in [2.75, 3.05) is 27.7 Å². The van der Waals surface area contributed by atoms with Gasteiger partial charge in [-0.15, -0.1) is 0 Å². The van der Waals surface area contributed by atoms with Gasteiger partial charge < -0.3 is 19.4 Å². The van der Waals surface area contributed by atoms with Crippen molar-refractivity contribution in [3.63, 3.8) is 0 Å². The van der Waals surface area contributed by atoms with Gasteiger partial charge in [0, 0.05) is 6.54 Å². The van der Waals surface area contributed by atoms with Gasteiger partial charge in [0.05, 0.1) is 19.2 Å². The minimum Gasteiger partial charge on any atom is -0.497 e. The van der Waals surface area contributed by atoms with E-state index in [4.69, 9.17) is 9.15 Å². The number of amides is 1. The van der Waals surface area contributed by atoms with E-state index in [0.717, 1.165) is 17.4 Å². The van der Waals surface area contributed by atoms with Crippen molar-refractivity contribution in [3.8, 4) is 5.75 Å². The Balaban J connectivity index is 2.07. The molecule has 24 heavy (non-hydrogen) atoms. The van der Waals surface area contributed by atoms with Crippen molar-refractivity contribution in [2.24, 2.45) is 0 Å². The minimum atomic E-state index is -0.685. The summed E-state index contributed by atoms with van der Waals surface area (Å²) in [5.74, 6) is -0.327. The largest absolute Gasteiger partial charge is 0.497 e. The summed E-state index contributed by atoms with van der Waals surface area (Å²) in [6.45, 7) is 0.313. The maximum absolute atomic E-state index is 12.1. The lowest BCUT2D eigenvalue weighted by Gasteiger charge is -2.25. The van der Waals surface area contributed by atoms with Gasteiger partial charge in [0.15, 0.2) is 5.76 Å². The third-order valence-electron chi connectivity index (χ3n) is 3.55. The Labute approximate surface area is 139 Å². The van der Waals surface area contributed by atoms with Crippen molar-refractivity contribution in [3.05, 3.63) is 57.8 Å². The number of methoxy groups -OCH3 is 1. The van der Waals surface area contributed by atoms with Crippen molar-refractivity contribution >= 4 is 11.8 Å². The molecule has 0 bridgehead atoms. The first-order valence-electron chi connectivity index (χ1n) is 7.25. The number of ether oxygens (including phenoxy) is 1. The summed E-state index contributed by atoms with van der Waals surface area (Å²) in [6.07, 6.45) is 0. The molecule has 0 radical (unpaired) electrons. The van der Waals surface area contributed by atoms with E-state index < -0.39 is 16.7 Å². The molecule has 1 unspecified atom stereocenters. The van der Waals surface area contributed by atoms with Gasteiger partial charge in [0.25, 0.3) is 5.91 Å². The molecule has 0 aliphatic carbocycles. The van der Waals surface area contributed by atoms with Crippen LogP contribution in [0.25, 0.3) is 0 Å². The first-order chi connectivity index (χ1) is 11.4. The zero-order valence-corrected chi connectivity index (χ0v) is 13.7. The van der Waals surface area contributed by atoms with E-state index >= 15 is 0 Å². The summed E-state index contributed by atoms with van der Waals surface area (Å²) in [6, 6.07) is 9.91. The van der Waals surface area contributed by atoms with Crippen LogP contribution in [0.4, 0.5) is 5.88 Å². The molecule has 128 valence electrons. The zero-order chi connectivity index (χ0) is 17.7. The summed E-state index contributed by atoms with van der Waals surface area (Å²) in [7, 11) is 5.39. The van der Waals surface area contributed by atoms with E-state index in [2.05, 4.69) is 5.32 Å². The highest BCUT2D eigenvalue weighted by molar-refractivity contribution is 5.91. The molecule has 0 saturated heterocycles. The molecular formula is C16H19N3O5. The Morgan fingerprint density at radius 2 is 2.12 bits per heavy atom. The molecule has 8 nitrogen and oxygen atoms in total. The minimum absolute atomic E-state index is 0.0889. The molecular weight excluding hydrogens is 314 g/mol. The molecule has 1 atom stereocenters. The number of nitrogens with one attached hydrogen (secondary N) is 1. The average molecular weight is 333 g/mol. The van der Waals surface area contributed by atoms with Crippen LogP contribution in [0.1, 0.15) is 22.2 Å². The van der Waals surface area contributed by atoms with Crippen LogP contribution >= 0.6 is 0 Å². The number of nitrogens with zero attached hydrogens (tertiary/aromatic N) is 2. The molecule has 1 heterocycles. The second kappa shape index (κ2) is 7.60. The van der Waals surface area contributed by atoms with Crippen molar-refractivity contribution in [1.82, 2.24) is 10.2 Å². The van der Waals surface area contributed by atoms with Gasteiger partial charge in [0.2, 0.25) is 0 Å². The Bertz CT molecular complexity index is 726. The van der Waals surface area contributed by atoms with E-state index in [0.29, 0.717) is 6.54 Å². The molecule has 1 N–H and O–H groups in total. The number of carbonyl (C=O) groups excluding carboxylic acids is 1. The molecule has 2 rings (SSSR count). The molecule has 2 aromatic rings. The molecule has 0 aliphatic heterocycles. The number of rotatable bonds is 7. The summed E-state index contributed by atoms with van der Waals surface area (Å²) in [5.41, 5.74) is 0.977. The van der Waals surface area contributed by atoms with Crippen LogP contribution in [-0.4, -0.2) is 43.5 Å². The van der Waals surface area contributed by atoms with E-state index in [-0.39, 0.29) is 11.8 Å². The standard InChI is InChI=1S/C16H19N3O5/c1-18(2)13(11-5-4-6-12(9-11)23-3)10-17-16(20)14-7-8-15(24-14)19(21)22/h4-9,13H,10H2,1-3H3,(H,17,20). The van der Waals surface area contributed by atoms with E-state index in [1.807, 2.05) is 43.3 Å². The van der Waals surface area contributed by atoms with E-state index in [1.165, 1.54) is 6.07 Å². The smallest absolute Gasteiger partial charge is 0.433 e. The fourth-order valence-electron chi connectivity index (χ4n) is 2.27. The highest BCUT2D eigenvalue weighted by atomic mass is 16.6. The summed E-state index contributed by atoms with van der Waals surface area (Å²) in [5, 5.41) is 13.3. The monoisotopic (exact) mass is 333 g/mol. The topological polar surface area (TPSA) is 97.8 Å². The maximum atomic E-state index is 12.1. The van der Waals surface area contributed by atoms with Crippen LogP contribution < -0.4 is 10.1 Å². The average Bonchev–Trinajstić information content (AvgIpc) is 3.05. The normalized spacial score (nSPS) is 12.0. The second-order valence-corrected chi connectivity index (χ2v) is 5.36. The lowest BCUT2D eigenvalue weighted by Crippen LogP contribution is -2.34. The first kappa shape index (κ1) is 17.5. The lowest BCUT2D eigenvalue weighted by atomic mass is 10.1. The van der Waals surface area contributed by atoms with E-state index in [9.17, 15) is 14.9 Å². The summed E-state index contributed by atoms with van der Waals surface area (Å²) >= 11 is 0. The zero-order valence-electron chi connectivity index (χ0n) is 13.7. The van der Waals surface area contributed by atoms with Crippen LogP contribution in [-0.2, 0) is 0 Å². The number of nitro groups is 1. The highest BCUT2D eigenvalue weighted by Crippen LogP contribution is 2.22. The molecule has 1 aromatic heterocycles. The van der Waals surface area contributed by atoms with Gasteiger partial charge in [-0.3, -0.25) is 14.9 Å². The van der Waals surface area contributed by atoms with Crippen LogP contribution in [0, 0.1) is 10.1 Å². The number of benzene rings is 1. The van der Waals surface area contributed by atoms with Gasteiger partial charge >= 0.3 is 5.88 Å². The molecule has 0 spiro atoms. The molecule has 8 heteroatoms. The molecule has 1 amide bonds. The van der Waals surface area contributed by atoms with E-state index in [1.54, 1.807) is 7.11 Å². The van der Waals surface area contributed by atoms with Gasteiger partial charge in [-0.25, -0.2) is 0 Å². The van der Waals surface area contributed by atoms with Crippen molar-refractivity contribution < 1.29 is 18.9 Å². The fourth-order valence-corrected chi connectivity index (χ4v) is 2.27. The third-order valence-corrected chi connectivity index (χ3v) is 3.55. The predicted octanol–water partition coefficient (Wildman–Crippen LogP) is 2.23. The van der Waals surface area contributed by atoms with Gasteiger partial charge in [-0.05, 0) is 37.9 Å². The van der Waals surface area contributed by atoms with Gasteiger partial charge in [0.1, 0.15) is 10.7 Å². The van der Waals surface area contributed by atoms with Crippen LogP contribution in [0.2, 0.25) is 0 Å². The number of likely N-dealkylation sites (N-methyl/N-ethyl adjacent to an activating group) is 1. The molecule has 0 aliphatic rings. The second-order valence-electron chi connectivity index (χ2n) is 5.36. The number of furan rings is 1. The Morgan fingerprint density at radius 3 is 2.71 bits per heavy atom. The molecule has 1 aromatic carbocycles. The van der Waals surface area contributed by atoms with Gasteiger partial charge in [-0.2, -0.15) is 0 Å². The van der Waals surface area contributed by atoms with Crippen molar-refractivity contribution in [2.45, 2.75) is 6.04 Å². The first-order valence-corrected chi connectivity index (χ1v) is 7.25. The predicted molar refractivity (Wildman–Crippen MR) is 87.1 cm³/mol. The molecule has 0 saturated carbocycles. The third kappa shape index (κ3) is 4.11. The fraction of sp³-hybridized carbons (Fsp3) is 0.312. The Hall–Kier alpha value is -2.87. The summed E-state index contributed by atoms with van der Waals surface area (Å²) in [4.78, 5) is 24.0. The van der Waals surface area contributed by atoms with Crippen LogP contribution in [0.5, 0.6) is 5.75 Å². The maximum Gasteiger partial charge on any atom is 0.433 e. The number of carbonyl (C=O) groups is 1. The SMILES string of the molecule is COc1cccc(C(CNC(=O)c2ccc([N+](=O)[O-])o2)N(C)C)c1. The lowest BCUT2D eigenvalue weighted by molar-refractivity contribution is -0.402. The number of hydrogen-bond donors (Lipinski definition) is 1. The quantitative estimate of drug-likeness (QED) is 0.616. The van der Waals surface area contributed by atoms with Crippen LogP contribution in [0.3, 0.4) is 0 Å². The Kier molecular flexibility index (Phi) is 5.54.